The average Bonchev–Trinajstić information content (AvgIpc) is 3.17. The molecule has 0 bridgehead atoms. The molecule has 4 rings (SSSR count). The minimum Gasteiger partial charge on any atom is -0.393 e. The van der Waals surface area contributed by atoms with Gasteiger partial charge in [0.05, 0.1) is 34.7 Å². The number of rotatable bonds is 7. The Morgan fingerprint density at radius 2 is 2.13 bits per heavy atom. The van der Waals surface area contributed by atoms with Crippen LogP contribution in [0.2, 0.25) is 0 Å². The van der Waals surface area contributed by atoms with Gasteiger partial charge in [-0.3, -0.25) is 9.59 Å². The van der Waals surface area contributed by atoms with E-state index in [1.165, 1.54) is 17.0 Å². The number of carbonyl (C=O) groups excluding carboxylic acids is 1. The number of sulfone groups is 1. The zero-order valence-corrected chi connectivity index (χ0v) is 17.9. The van der Waals surface area contributed by atoms with Gasteiger partial charge in [0.2, 0.25) is 5.91 Å². The Balaban J connectivity index is 1.48. The molecule has 10 nitrogen and oxygen atoms in total. The third-order valence-corrected chi connectivity index (χ3v) is 7.55. The number of imidazole rings is 1. The molecule has 3 heterocycles. The SMILES string of the molecule is Cc1cc(S(=O)(=O)CC2CCC2)c(N)c(=O)n1CC(=O)NCc1ccc2[nH]cnc2n1. The van der Waals surface area contributed by atoms with Crippen LogP contribution in [0.1, 0.15) is 30.7 Å². The van der Waals surface area contributed by atoms with Gasteiger partial charge < -0.3 is 20.6 Å². The summed E-state index contributed by atoms with van der Waals surface area (Å²) >= 11 is 0. The second-order valence-electron chi connectivity index (χ2n) is 7.89. The Morgan fingerprint density at radius 3 is 2.84 bits per heavy atom. The summed E-state index contributed by atoms with van der Waals surface area (Å²) in [6.07, 6.45) is 4.31. The molecule has 1 aliphatic rings. The van der Waals surface area contributed by atoms with Gasteiger partial charge >= 0.3 is 0 Å². The van der Waals surface area contributed by atoms with Gasteiger partial charge in [-0.25, -0.2) is 18.4 Å². The summed E-state index contributed by atoms with van der Waals surface area (Å²) in [5.41, 5.74) is 7.18. The van der Waals surface area contributed by atoms with Crippen molar-refractivity contribution in [3.05, 3.63) is 46.3 Å². The highest BCUT2D eigenvalue weighted by atomic mass is 32.2. The first-order chi connectivity index (χ1) is 14.7. The predicted molar refractivity (Wildman–Crippen MR) is 115 cm³/mol. The van der Waals surface area contributed by atoms with Gasteiger partial charge in [-0.2, -0.15) is 0 Å². The lowest BCUT2D eigenvalue weighted by molar-refractivity contribution is -0.121. The number of amides is 1. The smallest absolute Gasteiger partial charge is 0.275 e. The van der Waals surface area contributed by atoms with Crippen molar-refractivity contribution in [2.75, 3.05) is 11.5 Å². The molecule has 0 atom stereocenters. The number of hydrogen-bond donors (Lipinski definition) is 3. The number of anilines is 1. The fourth-order valence-corrected chi connectivity index (χ4v) is 5.52. The fraction of sp³-hybridized carbons (Fsp3) is 0.400. The maximum absolute atomic E-state index is 12.7. The van der Waals surface area contributed by atoms with Gasteiger partial charge in [0.25, 0.3) is 5.56 Å². The molecule has 0 saturated heterocycles. The summed E-state index contributed by atoms with van der Waals surface area (Å²) in [5.74, 6) is -0.306. The quantitative estimate of drug-likeness (QED) is 0.489. The van der Waals surface area contributed by atoms with Gasteiger partial charge in [0, 0.05) is 5.69 Å². The van der Waals surface area contributed by atoms with Crippen molar-refractivity contribution in [2.24, 2.45) is 5.92 Å². The largest absolute Gasteiger partial charge is 0.393 e. The number of nitrogens with one attached hydrogen (secondary N) is 2. The zero-order chi connectivity index (χ0) is 22.2. The molecule has 1 saturated carbocycles. The molecule has 1 aliphatic carbocycles. The highest BCUT2D eigenvalue weighted by Gasteiger charge is 2.29. The topological polar surface area (TPSA) is 153 Å². The molecule has 4 N–H and O–H groups in total. The minimum absolute atomic E-state index is 0.00603. The van der Waals surface area contributed by atoms with E-state index in [4.69, 9.17) is 5.73 Å². The van der Waals surface area contributed by atoms with Gasteiger partial charge in [0.1, 0.15) is 12.2 Å². The van der Waals surface area contributed by atoms with E-state index in [1.807, 2.05) is 6.07 Å². The molecule has 0 aliphatic heterocycles. The molecular formula is C20H24N6O4S. The van der Waals surface area contributed by atoms with E-state index in [1.54, 1.807) is 13.0 Å². The van der Waals surface area contributed by atoms with Crippen molar-refractivity contribution >= 4 is 32.6 Å². The van der Waals surface area contributed by atoms with Crippen LogP contribution >= 0.6 is 0 Å². The summed E-state index contributed by atoms with van der Waals surface area (Å²) in [4.78, 5) is 36.3. The van der Waals surface area contributed by atoms with Crippen LogP contribution in [0.3, 0.4) is 0 Å². The molecule has 3 aromatic heterocycles. The zero-order valence-electron chi connectivity index (χ0n) is 17.1. The van der Waals surface area contributed by atoms with E-state index in [0.717, 1.165) is 24.8 Å². The molecular weight excluding hydrogens is 420 g/mol. The number of aryl methyl sites for hydroxylation is 1. The number of nitrogen functional groups attached to an aromatic ring is 1. The second kappa shape index (κ2) is 8.14. The maximum atomic E-state index is 12.7. The summed E-state index contributed by atoms with van der Waals surface area (Å²) < 4.78 is 26.6. The van der Waals surface area contributed by atoms with Crippen LogP contribution in [0.25, 0.3) is 11.2 Å². The van der Waals surface area contributed by atoms with Crippen LogP contribution in [-0.4, -0.2) is 39.6 Å². The number of hydrogen-bond acceptors (Lipinski definition) is 7. The predicted octanol–water partition coefficient (Wildman–Crippen LogP) is 0.900. The normalized spacial score (nSPS) is 14.5. The number of nitrogens with two attached hydrogens (primary N) is 1. The summed E-state index contributed by atoms with van der Waals surface area (Å²) in [5, 5.41) is 2.71. The molecule has 1 fully saturated rings. The molecule has 164 valence electrons. The lowest BCUT2D eigenvalue weighted by Gasteiger charge is -2.25. The highest BCUT2D eigenvalue weighted by Crippen LogP contribution is 2.30. The molecule has 31 heavy (non-hydrogen) atoms. The number of carbonyl (C=O) groups is 1. The van der Waals surface area contributed by atoms with Crippen molar-refractivity contribution in [3.63, 3.8) is 0 Å². The Hall–Kier alpha value is -3.21. The first-order valence-corrected chi connectivity index (χ1v) is 11.7. The lowest BCUT2D eigenvalue weighted by atomic mass is 9.87. The van der Waals surface area contributed by atoms with Crippen molar-refractivity contribution in [2.45, 2.75) is 44.2 Å². The minimum atomic E-state index is -3.66. The van der Waals surface area contributed by atoms with E-state index in [-0.39, 0.29) is 35.3 Å². The molecule has 0 spiro atoms. The van der Waals surface area contributed by atoms with Crippen molar-refractivity contribution < 1.29 is 13.2 Å². The van der Waals surface area contributed by atoms with E-state index in [2.05, 4.69) is 20.3 Å². The molecule has 11 heteroatoms. The Morgan fingerprint density at radius 1 is 1.35 bits per heavy atom. The maximum Gasteiger partial charge on any atom is 0.275 e. The molecule has 3 aromatic rings. The second-order valence-corrected chi connectivity index (χ2v) is 9.89. The van der Waals surface area contributed by atoms with Crippen LogP contribution < -0.4 is 16.6 Å². The van der Waals surface area contributed by atoms with Gasteiger partial charge in [-0.05, 0) is 43.9 Å². The fourth-order valence-electron chi connectivity index (χ4n) is 3.62. The third-order valence-electron chi connectivity index (χ3n) is 5.63. The number of aromatic nitrogens is 4. The van der Waals surface area contributed by atoms with E-state index >= 15 is 0 Å². The van der Waals surface area contributed by atoms with E-state index in [9.17, 15) is 18.0 Å². The molecule has 1 amide bonds. The Labute approximate surface area is 178 Å². The summed E-state index contributed by atoms with van der Waals surface area (Å²) in [6, 6.07) is 4.96. The van der Waals surface area contributed by atoms with Gasteiger partial charge in [-0.1, -0.05) is 6.42 Å². The third kappa shape index (κ3) is 4.31. The number of aromatic amines is 1. The van der Waals surface area contributed by atoms with E-state index in [0.29, 0.717) is 17.0 Å². The van der Waals surface area contributed by atoms with Gasteiger partial charge in [-0.15, -0.1) is 0 Å². The summed E-state index contributed by atoms with van der Waals surface area (Å²) in [7, 11) is -3.66. The average molecular weight is 445 g/mol. The van der Waals surface area contributed by atoms with Crippen molar-refractivity contribution in [3.8, 4) is 0 Å². The number of fused-ring (bicyclic) bond motifs is 1. The van der Waals surface area contributed by atoms with Crippen LogP contribution in [0.5, 0.6) is 0 Å². The van der Waals surface area contributed by atoms with Crippen LogP contribution in [0.4, 0.5) is 5.69 Å². The lowest BCUT2D eigenvalue weighted by Crippen LogP contribution is -2.35. The number of nitrogens with zero attached hydrogens (tertiary/aromatic N) is 3. The summed E-state index contributed by atoms with van der Waals surface area (Å²) in [6.45, 7) is 1.48. The first-order valence-electron chi connectivity index (χ1n) is 10.0. The Bertz CT molecular complexity index is 1310. The molecule has 0 aromatic carbocycles. The first kappa shape index (κ1) is 21.0. The Kier molecular flexibility index (Phi) is 5.52. The van der Waals surface area contributed by atoms with Crippen LogP contribution in [0.15, 0.2) is 34.2 Å². The standard InChI is InChI=1S/C20H24N6O4S/c1-12-7-16(31(29,30)10-13-3-2-4-13)18(21)20(28)26(12)9-17(27)22-8-14-5-6-15-19(25-14)24-11-23-15/h5-7,11,13H,2-4,8-10,21H2,1H3,(H,22,27)(H,23,24,25). The monoisotopic (exact) mass is 444 g/mol. The number of H-pyrrole nitrogens is 1. The van der Waals surface area contributed by atoms with Crippen LogP contribution in [0, 0.1) is 12.8 Å². The van der Waals surface area contributed by atoms with E-state index < -0.39 is 21.3 Å². The van der Waals surface area contributed by atoms with Crippen molar-refractivity contribution in [1.29, 1.82) is 0 Å². The van der Waals surface area contributed by atoms with Crippen LogP contribution in [-0.2, 0) is 27.7 Å². The number of pyridine rings is 2. The van der Waals surface area contributed by atoms with Gasteiger partial charge in [0.15, 0.2) is 15.5 Å². The highest BCUT2D eigenvalue weighted by molar-refractivity contribution is 7.91. The molecule has 0 unspecified atom stereocenters. The van der Waals surface area contributed by atoms with Crippen molar-refractivity contribution in [1.82, 2.24) is 24.8 Å². The molecule has 0 radical (unpaired) electrons.